The van der Waals surface area contributed by atoms with Crippen LogP contribution in [0.5, 0.6) is 0 Å². The molecule has 0 fully saturated rings. The summed E-state index contributed by atoms with van der Waals surface area (Å²) in [5.74, 6) is 0. The van der Waals surface area contributed by atoms with Gasteiger partial charge in [0.1, 0.15) is 0 Å². The van der Waals surface area contributed by atoms with Crippen molar-refractivity contribution in [1.82, 2.24) is 0 Å². The SMILES string of the molecule is CNc1cc(Cl)cc(Cl)c1SOCl. The van der Waals surface area contributed by atoms with Gasteiger partial charge in [0.05, 0.1) is 39.5 Å². The van der Waals surface area contributed by atoms with Crippen molar-refractivity contribution in [3.05, 3.63) is 22.2 Å². The van der Waals surface area contributed by atoms with Crippen molar-refractivity contribution in [3.8, 4) is 0 Å². The molecule has 1 aromatic carbocycles. The van der Waals surface area contributed by atoms with E-state index >= 15 is 0 Å². The minimum absolute atomic E-state index is 0.502. The summed E-state index contributed by atoms with van der Waals surface area (Å²) in [7, 11) is 1.76. The second-order valence-corrected chi connectivity index (χ2v) is 4.08. The summed E-state index contributed by atoms with van der Waals surface area (Å²) in [5.41, 5.74) is 0.781. The Balaban J connectivity index is 3.13. The van der Waals surface area contributed by atoms with Gasteiger partial charge in [-0.15, -0.1) is 0 Å². The molecule has 2 nitrogen and oxygen atoms in total. The Labute approximate surface area is 95.9 Å². The van der Waals surface area contributed by atoms with E-state index in [1.54, 1.807) is 19.2 Å². The number of benzene rings is 1. The Hall–Kier alpha value is 0.200. The van der Waals surface area contributed by atoms with E-state index in [-0.39, 0.29) is 0 Å². The lowest BCUT2D eigenvalue weighted by Crippen LogP contribution is -1.91. The molecular formula is C7H6Cl3NOS. The van der Waals surface area contributed by atoms with Crippen LogP contribution in [0.15, 0.2) is 17.0 Å². The predicted octanol–water partition coefficient (Wildman–Crippen LogP) is 4.21. The lowest BCUT2D eigenvalue weighted by molar-refractivity contribution is 0.727. The molecule has 0 atom stereocenters. The highest BCUT2D eigenvalue weighted by atomic mass is 35.5. The van der Waals surface area contributed by atoms with Crippen LogP contribution in [0, 0.1) is 0 Å². The van der Waals surface area contributed by atoms with Crippen LogP contribution in [0.1, 0.15) is 0 Å². The van der Waals surface area contributed by atoms with Gasteiger partial charge in [-0.3, -0.25) is 0 Å². The average Bonchev–Trinajstić information content (AvgIpc) is 2.09. The van der Waals surface area contributed by atoms with Crippen molar-refractivity contribution < 1.29 is 3.74 Å². The zero-order valence-corrected chi connectivity index (χ0v) is 9.69. The van der Waals surface area contributed by atoms with Crippen LogP contribution in [0.2, 0.25) is 10.0 Å². The van der Waals surface area contributed by atoms with Crippen LogP contribution in [-0.4, -0.2) is 7.05 Å². The lowest BCUT2D eigenvalue weighted by atomic mass is 10.3. The van der Waals surface area contributed by atoms with Gasteiger partial charge in [0.15, 0.2) is 0 Å². The summed E-state index contributed by atoms with van der Waals surface area (Å²) in [5, 5.41) is 4.00. The van der Waals surface area contributed by atoms with Crippen LogP contribution in [0.4, 0.5) is 5.69 Å². The molecule has 1 rings (SSSR count). The standard InChI is InChI=1S/C7H6Cl3NOS/c1-11-6-3-4(8)2-5(9)7(6)13-12-10/h2-3,11H,1H3. The van der Waals surface area contributed by atoms with E-state index in [4.69, 9.17) is 35.1 Å². The maximum absolute atomic E-state index is 5.91. The molecule has 0 amide bonds. The quantitative estimate of drug-likeness (QED) is 0.821. The van der Waals surface area contributed by atoms with Gasteiger partial charge in [0.25, 0.3) is 0 Å². The molecule has 0 saturated heterocycles. The molecule has 13 heavy (non-hydrogen) atoms. The van der Waals surface area contributed by atoms with E-state index < -0.39 is 0 Å². The van der Waals surface area contributed by atoms with Crippen LogP contribution >= 0.6 is 47.1 Å². The molecule has 6 heteroatoms. The van der Waals surface area contributed by atoms with Crippen molar-refractivity contribution in [1.29, 1.82) is 0 Å². The fourth-order valence-electron chi connectivity index (χ4n) is 0.862. The highest BCUT2D eigenvalue weighted by Gasteiger charge is 2.09. The monoisotopic (exact) mass is 257 g/mol. The van der Waals surface area contributed by atoms with E-state index in [0.717, 1.165) is 17.7 Å². The first-order chi connectivity index (χ1) is 6.19. The van der Waals surface area contributed by atoms with E-state index in [2.05, 4.69) is 9.05 Å². The van der Waals surface area contributed by atoms with Crippen molar-refractivity contribution >= 4 is 52.8 Å². The summed E-state index contributed by atoms with van der Waals surface area (Å²) < 4.78 is 4.41. The number of halogens is 3. The average molecular weight is 259 g/mol. The molecule has 72 valence electrons. The molecule has 0 saturated carbocycles. The number of hydrogen-bond acceptors (Lipinski definition) is 3. The van der Waals surface area contributed by atoms with Gasteiger partial charge >= 0.3 is 0 Å². The van der Waals surface area contributed by atoms with Gasteiger partial charge in [0.2, 0.25) is 0 Å². The normalized spacial score (nSPS) is 10.2. The smallest absolute Gasteiger partial charge is 0.0790 e. The fourth-order valence-corrected chi connectivity index (χ4v) is 2.09. The van der Waals surface area contributed by atoms with Gasteiger partial charge < -0.3 is 5.32 Å². The third kappa shape index (κ3) is 2.82. The van der Waals surface area contributed by atoms with Gasteiger partial charge in [-0.2, -0.15) is 0 Å². The first-order valence-corrected chi connectivity index (χ1v) is 5.11. The van der Waals surface area contributed by atoms with Gasteiger partial charge in [-0.25, -0.2) is 3.74 Å². The lowest BCUT2D eigenvalue weighted by Gasteiger charge is -2.08. The fraction of sp³-hybridized carbons (Fsp3) is 0.143. The Kier molecular flexibility index (Phi) is 4.49. The van der Waals surface area contributed by atoms with E-state index in [9.17, 15) is 0 Å². The first kappa shape index (κ1) is 11.3. The van der Waals surface area contributed by atoms with Crippen molar-refractivity contribution in [2.24, 2.45) is 0 Å². The minimum Gasteiger partial charge on any atom is -0.387 e. The van der Waals surface area contributed by atoms with Crippen LogP contribution in [0.3, 0.4) is 0 Å². The molecular weight excluding hydrogens is 253 g/mol. The summed E-state index contributed by atoms with van der Waals surface area (Å²) in [4.78, 5) is 0.712. The molecule has 0 spiro atoms. The molecule has 0 aromatic heterocycles. The van der Waals surface area contributed by atoms with Crippen LogP contribution in [0.25, 0.3) is 0 Å². The highest BCUT2D eigenvalue weighted by molar-refractivity contribution is 7.95. The van der Waals surface area contributed by atoms with Crippen molar-refractivity contribution in [2.45, 2.75) is 4.90 Å². The molecule has 0 unspecified atom stereocenters. The predicted molar refractivity (Wildman–Crippen MR) is 58.8 cm³/mol. The molecule has 0 heterocycles. The third-order valence-corrected chi connectivity index (χ3v) is 2.88. The highest BCUT2D eigenvalue weighted by Crippen LogP contribution is 2.37. The molecule has 0 bridgehead atoms. The maximum atomic E-state index is 5.91. The van der Waals surface area contributed by atoms with Crippen LogP contribution < -0.4 is 5.32 Å². The Bertz CT molecular complexity index is 308. The zero-order chi connectivity index (χ0) is 9.84. The Morgan fingerprint density at radius 2 is 2.08 bits per heavy atom. The van der Waals surface area contributed by atoms with E-state index in [1.807, 2.05) is 0 Å². The first-order valence-electron chi connectivity index (χ1n) is 3.31. The number of anilines is 1. The van der Waals surface area contributed by atoms with Gasteiger partial charge in [-0.1, -0.05) is 23.2 Å². The Morgan fingerprint density at radius 1 is 1.38 bits per heavy atom. The second-order valence-electron chi connectivity index (χ2n) is 2.16. The topological polar surface area (TPSA) is 21.3 Å². The van der Waals surface area contributed by atoms with E-state index in [1.165, 1.54) is 0 Å². The zero-order valence-electron chi connectivity index (χ0n) is 6.61. The Morgan fingerprint density at radius 3 is 2.62 bits per heavy atom. The number of rotatable bonds is 3. The molecule has 0 radical (unpaired) electrons. The molecule has 0 aliphatic heterocycles. The van der Waals surface area contributed by atoms with Crippen molar-refractivity contribution in [2.75, 3.05) is 12.4 Å². The largest absolute Gasteiger partial charge is 0.387 e. The van der Waals surface area contributed by atoms with Crippen LogP contribution in [-0.2, 0) is 3.74 Å². The van der Waals surface area contributed by atoms with Gasteiger partial charge in [-0.05, 0) is 12.1 Å². The number of hydrogen-bond donors (Lipinski definition) is 1. The summed E-state index contributed by atoms with van der Waals surface area (Å²) >= 11 is 17.8. The second kappa shape index (κ2) is 5.17. The number of nitrogens with one attached hydrogen (secondary N) is 1. The maximum Gasteiger partial charge on any atom is 0.0790 e. The van der Waals surface area contributed by atoms with E-state index in [0.29, 0.717) is 14.9 Å². The van der Waals surface area contributed by atoms with Crippen molar-refractivity contribution in [3.63, 3.8) is 0 Å². The van der Waals surface area contributed by atoms with Gasteiger partial charge in [0, 0.05) is 12.1 Å². The minimum atomic E-state index is 0.502. The molecule has 0 aliphatic carbocycles. The summed E-state index contributed by atoms with van der Waals surface area (Å²) in [6.45, 7) is 0. The molecule has 1 aromatic rings. The molecule has 0 aliphatic rings. The third-order valence-electron chi connectivity index (χ3n) is 1.39. The summed E-state index contributed by atoms with van der Waals surface area (Å²) in [6.07, 6.45) is 0. The summed E-state index contributed by atoms with van der Waals surface area (Å²) in [6, 6.07) is 3.37. The molecule has 1 N–H and O–H groups in total.